The number of piperidine rings is 1. The van der Waals surface area contributed by atoms with Crippen molar-refractivity contribution in [2.45, 2.75) is 38.6 Å². The van der Waals surface area contributed by atoms with Gasteiger partial charge < -0.3 is 10.2 Å². The first-order chi connectivity index (χ1) is 9.86. The molecule has 1 aromatic heterocycles. The number of likely N-dealkylation sites (tertiary alicyclic amines) is 1. The summed E-state index contributed by atoms with van der Waals surface area (Å²) >= 11 is 0. The minimum Gasteiger partial charge on any atom is -0.370 e. The van der Waals surface area contributed by atoms with Gasteiger partial charge in [-0.25, -0.2) is 4.98 Å². The van der Waals surface area contributed by atoms with Crippen LogP contribution in [0.3, 0.4) is 0 Å². The number of rotatable bonds is 4. The maximum atomic E-state index is 4.36. The van der Waals surface area contributed by atoms with E-state index in [0.29, 0.717) is 0 Å². The zero-order chi connectivity index (χ0) is 13.8. The molecule has 0 bridgehead atoms. The summed E-state index contributed by atoms with van der Waals surface area (Å²) < 4.78 is 0. The molecule has 110 valence electrons. The number of aromatic nitrogens is 1. The monoisotopic (exact) mass is 274 g/mol. The minimum absolute atomic E-state index is 0.756. The maximum absolute atomic E-state index is 4.36. The first-order valence-corrected chi connectivity index (χ1v) is 8.06. The van der Waals surface area contributed by atoms with E-state index in [1.807, 2.05) is 6.20 Å². The van der Waals surface area contributed by atoms with Gasteiger partial charge in [0.2, 0.25) is 0 Å². The Bertz CT molecular complexity index is 428. The molecule has 3 heterocycles. The van der Waals surface area contributed by atoms with Crippen LogP contribution < -0.4 is 10.2 Å². The summed E-state index contributed by atoms with van der Waals surface area (Å²) in [6.45, 7) is 7.99. The predicted octanol–water partition coefficient (Wildman–Crippen LogP) is 2.58. The number of nitrogens with one attached hydrogen (secondary N) is 1. The molecule has 3 rings (SSSR count). The van der Waals surface area contributed by atoms with Crippen LogP contribution in [0.1, 0.15) is 32.6 Å². The van der Waals surface area contributed by atoms with Crippen LogP contribution in [0.25, 0.3) is 0 Å². The van der Waals surface area contributed by atoms with E-state index in [-0.39, 0.29) is 0 Å². The number of nitrogens with zero attached hydrogens (tertiary/aromatic N) is 3. The van der Waals surface area contributed by atoms with Crippen LogP contribution in [0.4, 0.5) is 11.5 Å². The standard InChI is InChI=1S/C16H26N4/c1-2-17-16-12-14(6-8-18-16)20-11-7-15(13-20)19-9-4-3-5-10-19/h6,8,12,15H,2-5,7,9-11,13H2,1H3,(H,17,18). The van der Waals surface area contributed by atoms with Crippen LogP contribution in [0.2, 0.25) is 0 Å². The van der Waals surface area contributed by atoms with Crippen molar-refractivity contribution < 1.29 is 0 Å². The van der Waals surface area contributed by atoms with Crippen LogP contribution >= 0.6 is 0 Å². The molecule has 20 heavy (non-hydrogen) atoms. The van der Waals surface area contributed by atoms with E-state index < -0.39 is 0 Å². The van der Waals surface area contributed by atoms with Gasteiger partial charge in [0.05, 0.1) is 0 Å². The maximum Gasteiger partial charge on any atom is 0.127 e. The van der Waals surface area contributed by atoms with Gasteiger partial charge in [-0.15, -0.1) is 0 Å². The molecule has 0 amide bonds. The molecular weight excluding hydrogens is 248 g/mol. The van der Waals surface area contributed by atoms with Crippen molar-refractivity contribution in [3.63, 3.8) is 0 Å². The van der Waals surface area contributed by atoms with Crippen molar-refractivity contribution in [1.82, 2.24) is 9.88 Å². The third-order valence-electron chi connectivity index (χ3n) is 4.54. The summed E-state index contributed by atoms with van der Waals surface area (Å²) in [6.07, 6.45) is 7.41. The smallest absolute Gasteiger partial charge is 0.127 e. The normalized spacial score (nSPS) is 24.1. The van der Waals surface area contributed by atoms with E-state index in [2.05, 4.69) is 39.2 Å². The van der Waals surface area contributed by atoms with Crippen LogP contribution in [-0.2, 0) is 0 Å². The van der Waals surface area contributed by atoms with Crippen LogP contribution in [0, 0.1) is 0 Å². The number of hydrogen-bond donors (Lipinski definition) is 1. The minimum atomic E-state index is 0.756. The van der Waals surface area contributed by atoms with Gasteiger partial charge in [0.15, 0.2) is 0 Å². The second-order valence-corrected chi connectivity index (χ2v) is 5.91. The molecular formula is C16H26N4. The average Bonchev–Trinajstić information content (AvgIpc) is 2.99. The summed E-state index contributed by atoms with van der Waals surface area (Å²) in [5.41, 5.74) is 1.32. The van der Waals surface area contributed by atoms with Gasteiger partial charge in [-0.05, 0) is 45.3 Å². The van der Waals surface area contributed by atoms with Crippen molar-refractivity contribution in [3.05, 3.63) is 18.3 Å². The molecule has 0 aromatic carbocycles. The molecule has 1 N–H and O–H groups in total. The zero-order valence-electron chi connectivity index (χ0n) is 12.5. The van der Waals surface area contributed by atoms with E-state index in [9.17, 15) is 0 Å². The fourth-order valence-corrected chi connectivity index (χ4v) is 3.45. The number of pyridine rings is 1. The highest BCUT2D eigenvalue weighted by Crippen LogP contribution is 2.26. The van der Waals surface area contributed by atoms with Gasteiger partial charge in [-0.3, -0.25) is 4.90 Å². The molecule has 4 heteroatoms. The molecule has 0 radical (unpaired) electrons. The van der Waals surface area contributed by atoms with Crippen molar-refractivity contribution in [1.29, 1.82) is 0 Å². The van der Waals surface area contributed by atoms with E-state index in [0.717, 1.165) is 18.4 Å². The lowest BCUT2D eigenvalue weighted by Gasteiger charge is -2.32. The van der Waals surface area contributed by atoms with E-state index in [1.54, 1.807) is 0 Å². The Morgan fingerprint density at radius 2 is 2.10 bits per heavy atom. The van der Waals surface area contributed by atoms with Crippen molar-refractivity contribution in [3.8, 4) is 0 Å². The predicted molar refractivity (Wildman–Crippen MR) is 84.4 cm³/mol. The Balaban J connectivity index is 1.62. The topological polar surface area (TPSA) is 31.4 Å². The van der Waals surface area contributed by atoms with Crippen LogP contribution in [0.15, 0.2) is 18.3 Å². The summed E-state index contributed by atoms with van der Waals surface area (Å²) in [7, 11) is 0. The van der Waals surface area contributed by atoms with Crippen LogP contribution in [-0.4, -0.2) is 48.6 Å². The summed E-state index contributed by atoms with van der Waals surface area (Å²) in [5, 5.41) is 3.30. The fourth-order valence-electron chi connectivity index (χ4n) is 3.45. The SMILES string of the molecule is CCNc1cc(N2CCC(N3CCCCC3)C2)ccn1. The summed E-state index contributed by atoms with van der Waals surface area (Å²) in [6, 6.07) is 5.08. The molecule has 0 saturated carbocycles. The van der Waals surface area contributed by atoms with Gasteiger partial charge in [-0.2, -0.15) is 0 Å². The largest absolute Gasteiger partial charge is 0.370 e. The van der Waals surface area contributed by atoms with Gasteiger partial charge in [0.1, 0.15) is 5.82 Å². The summed E-state index contributed by atoms with van der Waals surface area (Å²) in [4.78, 5) is 9.58. The first-order valence-electron chi connectivity index (χ1n) is 8.06. The van der Waals surface area contributed by atoms with Gasteiger partial charge in [0, 0.05) is 43.6 Å². The van der Waals surface area contributed by atoms with Crippen LogP contribution in [0.5, 0.6) is 0 Å². The van der Waals surface area contributed by atoms with Crippen molar-refractivity contribution in [2.75, 3.05) is 42.9 Å². The van der Waals surface area contributed by atoms with Gasteiger partial charge in [-0.1, -0.05) is 6.42 Å². The van der Waals surface area contributed by atoms with E-state index in [4.69, 9.17) is 0 Å². The third-order valence-corrected chi connectivity index (χ3v) is 4.54. The molecule has 0 aliphatic carbocycles. The lowest BCUT2D eigenvalue weighted by atomic mass is 10.1. The fraction of sp³-hybridized carbons (Fsp3) is 0.688. The molecule has 1 aromatic rings. The molecule has 2 saturated heterocycles. The third kappa shape index (κ3) is 3.06. The molecule has 4 nitrogen and oxygen atoms in total. The van der Waals surface area contributed by atoms with Gasteiger partial charge >= 0.3 is 0 Å². The Morgan fingerprint density at radius 1 is 1.25 bits per heavy atom. The second kappa shape index (κ2) is 6.44. The molecule has 2 fully saturated rings. The Labute approximate surface area is 122 Å². The number of anilines is 2. The highest BCUT2D eigenvalue weighted by Gasteiger charge is 2.28. The lowest BCUT2D eigenvalue weighted by molar-refractivity contribution is 0.175. The Kier molecular flexibility index (Phi) is 4.41. The molecule has 2 aliphatic rings. The van der Waals surface area contributed by atoms with Gasteiger partial charge in [0.25, 0.3) is 0 Å². The number of hydrogen-bond acceptors (Lipinski definition) is 4. The quantitative estimate of drug-likeness (QED) is 0.914. The molecule has 1 atom stereocenters. The van der Waals surface area contributed by atoms with Crippen molar-refractivity contribution in [2.24, 2.45) is 0 Å². The first kappa shape index (κ1) is 13.7. The molecule has 2 aliphatic heterocycles. The second-order valence-electron chi connectivity index (χ2n) is 5.91. The zero-order valence-corrected chi connectivity index (χ0v) is 12.5. The average molecular weight is 274 g/mol. The Hall–Kier alpha value is -1.29. The molecule has 0 spiro atoms. The Morgan fingerprint density at radius 3 is 2.90 bits per heavy atom. The van der Waals surface area contributed by atoms with E-state index >= 15 is 0 Å². The van der Waals surface area contributed by atoms with E-state index in [1.165, 1.54) is 57.5 Å². The highest BCUT2D eigenvalue weighted by atomic mass is 15.3. The molecule has 1 unspecified atom stereocenters. The lowest BCUT2D eigenvalue weighted by Crippen LogP contribution is -2.40. The van der Waals surface area contributed by atoms with Crippen molar-refractivity contribution >= 4 is 11.5 Å². The highest BCUT2D eigenvalue weighted by molar-refractivity contribution is 5.54. The summed E-state index contributed by atoms with van der Waals surface area (Å²) in [5.74, 6) is 0.992.